The number of nitrogens with zero attached hydrogens (tertiary/aromatic N) is 1. The zero-order valence-electron chi connectivity index (χ0n) is 13.1. The molecule has 0 amide bonds. The molecule has 0 aliphatic rings. The molecule has 0 aliphatic carbocycles. The molecule has 0 bridgehead atoms. The number of carbonyl (C=O) groups excluding carboxylic acids is 1. The van der Waals surface area contributed by atoms with Crippen molar-refractivity contribution in [3.63, 3.8) is 0 Å². The van der Waals surface area contributed by atoms with Crippen molar-refractivity contribution in [1.82, 2.24) is 4.57 Å². The largest absolute Gasteiger partial charge is 0.478 e. The van der Waals surface area contributed by atoms with Crippen molar-refractivity contribution in [3.05, 3.63) is 71.1 Å². The first-order valence-corrected chi connectivity index (χ1v) is 7.14. The van der Waals surface area contributed by atoms with Gasteiger partial charge in [-0.25, -0.2) is 4.79 Å². The Hall–Kier alpha value is -3.09. The van der Waals surface area contributed by atoms with E-state index in [0.717, 1.165) is 18.2 Å². The summed E-state index contributed by atoms with van der Waals surface area (Å²) in [6.45, 7) is 0. The van der Waals surface area contributed by atoms with E-state index in [1.807, 2.05) is 0 Å². The van der Waals surface area contributed by atoms with E-state index >= 15 is 0 Å². The Balaban J connectivity index is 2.18. The number of carboxylic acid groups (broad SMARTS) is 1. The molecule has 0 aliphatic heterocycles. The van der Waals surface area contributed by atoms with Crippen LogP contribution in [0.4, 0.5) is 13.2 Å². The Morgan fingerprint density at radius 3 is 2.48 bits per heavy atom. The minimum atomic E-state index is -4.51. The topological polar surface area (TPSA) is 59.3 Å². The van der Waals surface area contributed by atoms with E-state index in [9.17, 15) is 22.8 Å². The fourth-order valence-electron chi connectivity index (χ4n) is 2.14. The maximum Gasteiger partial charge on any atom is 0.416 e. The van der Waals surface area contributed by atoms with E-state index in [1.54, 1.807) is 23.9 Å². The highest BCUT2D eigenvalue weighted by atomic mass is 19.4. The average Bonchev–Trinajstić information content (AvgIpc) is 2.90. The SMILES string of the molecule is Cn1cc(/C=C/C(=O)c2cccc(C(F)(F)F)c2)cc1/C=C/C(=O)O. The van der Waals surface area contributed by atoms with E-state index in [4.69, 9.17) is 5.11 Å². The van der Waals surface area contributed by atoms with Crippen LogP contribution in [0.15, 0.2) is 48.7 Å². The summed E-state index contributed by atoms with van der Waals surface area (Å²) >= 11 is 0. The fraction of sp³-hybridized carbons (Fsp3) is 0.111. The molecule has 130 valence electrons. The summed E-state index contributed by atoms with van der Waals surface area (Å²) in [5.74, 6) is -1.64. The van der Waals surface area contributed by atoms with Gasteiger partial charge in [-0.3, -0.25) is 4.79 Å². The number of alkyl halides is 3. The maximum atomic E-state index is 12.7. The predicted octanol–water partition coefficient (Wildman–Crippen LogP) is 4.04. The molecule has 1 aromatic heterocycles. The minimum absolute atomic E-state index is 0.0620. The summed E-state index contributed by atoms with van der Waals surface area (Å²) in [5.41, 5.74) is 0.280. The smallest absolute Gasteiger partial charge is 0.416 e. The summed E-state index contributed by atoms with van der Waals surface area (Å²) in [6, 6.07) is 5.85. The monoisotopic (exact) mass is 349 g/mol. The van der Waals surface area contributed by atoms with E-state index < -0.39 is 23.5 Å². The Bertz CT molecular complexity index is 861. The molecule has 1 N–H and O–H groups in total. The fourth-order valence-corrected chi connectivity index (χ4v) is 2.14. The van der Waals surface area contributed by atoms with Crippen molar-refractivity contribution in [2.45, 2.75) is 6.18 Å². The number of allylic oxidation sites excluding steroid dienone is 1. The molecule has 25 heavy (non-hydrogen) atoms. The van der Waals surface area contributed by atoms with Crippen LogP contribution >= 0.6 is 0 Å². The van der Waals surface area contributed by atoms with Gasteiger partial charge in [0.2, 0.25) is 0 Å². The van der Waals surface area contributed by atoms with Crippen LogP contribution in [-0.4, -0.2) is 21.4 Å². The quantitative estimate of drug-likeness (QED) is 0.655. The van der Waals surface area contributed by atoms with Crippen LogP contribution in [-0.2, 0) is 18.0 Å². The molecule has 0 saturated heterocycles. The van der Waals surface area contributed by atoms with Crippen molar-refractivity contribution in [2.24, 2.45) is 7.05 Å². The number of aliphatic carboxylic acids is 1. The van der Waals surface area contributed by atoms with E-state index in [2.05, 4.69) is 0 Å². The third-order valence-electron chi connectivity index (χ3n) is 3.36. The number of halogens is 3. The van der Waals surface area contributed by atoms with Gasteiger partial charge in [-0.05, 0) is 42.0 Å². The van der Waals surface area contributed by atoms with Crippen LogP contribution in [0, 0.1) is 0 Å². The highest BCUT2D eigenvalue weighted by molar-refractivity contribution is 6.06. The second kappa shape index (κ2) is 7.21. The van der Waals surface area contributed by atoms with E-state index in [-0.39, 0.29) is 5.56 Å². The number of aryl methyl sites for hydroxylation is 1. The summed E-state index contributed by atoms with van der Waals surface area (Å²) in [7, 11) is 1.70. The lowest BCUT2D eigenvalue weighted by Gasteiger charge is -2.06. The molecule has 4 nitrogen and oxygen atoms in total. The summed E-state index contributed by atoms with van der Waals surface area (Å²) in [4.78, 5) is 22.6. The first-order valence-electron chi connectivity index (χ1n) is 7.14. The molecule has 1 heterocycles. The number of carbonyl (C=O) groups is 2. The van der Waals surface area contributed by atoms with Crippen LogP contribution in [0.2, 0.25) is 0 Å². The van der Waals surface area contributed by atoms with Crippen molar-refractivity contribution in [1.29, 1.82) is 0 Å². The highest BCUT2D eigenvalue weighted by Crippen LogP contribution is 2.29. The van der Waals surface area contributed by atoms with Crippen LogP contribution in [0.3, 0.4) is 0 Å². The normalized spacial score (nSPS) is 12.2. The Kier molecular flexibility index (Phi) is 5.26. The van der Waals surface area contributed by atoms with Gasteiger partial charge in [0.15, 0.2) is 5.78 Å². The number of carboxylic acids is 1. The average molecular weight is 349 g/mol. The van der Waals surface area contributed by atoms with Crippen LogP contribution in [0.1, 0.15) is 27.2 Å². The van der Waals surface area contributed by atoms with Gasteiger partial charge in [0, 0.05) is 30.6 Å². The maximum absolute atomic E-state index is 12.7. The van der Waals surface area contributed by atoms with Gasteiger partial charge in [0.25, 0.3) is 0 Å². The van der Waals surface area contributed by atoms with Crippen molar-refractivity contribution in [2.75, 3.05) is 0 Å². The standard InChI is InChI=1S/C18H14F3NO3/c1-22-11-12(9-15(22)6-8-17(24)25)5-7-16(23)13-3-2-4-14(10-13)18(19,20)21/h2-11H,1H3,(H,24,25)/b7-5+,8-6+. The lowest BCUT2D eigenvalue weighted by molar-refractivity contribution is -0.137. The molecule has 2 rings (SSSR count). The zero-order chi connectivity index (χ0) is 18.6. The van der Waals surface area contributed by atoms with E-state index in [0.29, 0.717) is 11.3 Å². The van der Waals surface area contributed by atoms with Gasteiger partial charge in [-0.15, -0.1) is 0 Å². The van der Waals surface area contributed by atoms with Gasteiger partial charge < -0.3 is 9.67 Å². The van der Waals surface area contributed by atoms with Crippen LogP contribution in [0.25, 0.3) is 12.2 Å². The molecular formula is C18H14F3NO3. The molecule has 7 heteroatoms. The van der Waals surface area contributed by atoms with Crippen LogP contribution in [0.5, 0.6) is 0 Å². The molecule has 1 aromatic carbocycles. The first-order chi connectivity index (χ1) is 11.7. The number of aromatic nitrogens is 1. The third-order valence-corrected chi connectivity index (χ3v) is 3.36. The van der Waals surface area contributed by atoms with Gasteiger partial charge in [-0.1, -0.05) is 12.1 Å². The molecule has 2 aromatic rings. The van der Waals surface area contributed by atoms with Gasteiger partial charge in [0.05, 0.1) is 5.56 Å². The summed E-state index contributed by atoms with van der Waals surface area (Å²) in [6.07, 6.45) is 2.17. The lowest BCUT2D eigenvalue weighted by Crippen LogP contribution is -2.06. The van der Waals surface area contributed by atoms with Gasteiger partial charge >= 0.3 is 12.1 Å². The molecule has 0 saturated carbocycles. The molecule has 0 radical (unpaired) electrons. The second-order valence-electron chi connectivity index (χ2n) is 5.26. The molecular weight excluding hydrogens is 335 g/mol. The summed E-state index contributed by atoms with van der Waals surface area (Å²) in [5, 5.41) is 8.62. The van der Waals surface area contributed by atoms with Crippen LogP contribution < -0.4 is 0 Å². The first kappa shape index (κ1) is 18.3. The third kappa shape index (κ3) is 4.94. The minimum Gasteiger partial charge on any atom is -0.478 e. The number of hydrogen-bond donors (Lipinski definition) is 1. The Morgan fingerprint density at radius 2 is 1.84 bits per heavy atom. The second-order valence-corrected chi connectivity index (χ2v) is 5.26. The summed E-state index contributed by atoms with van der Waals surface area (Å²) < 4.78 is 39.7. The molecule has 0 spiro atoms. The Morgan fingerprint density at radius 1 is 1.12 bits per heavy atom. The number of hydrogen-bond acceptors (Lipinski definition) is 2. The predicted molar refractivity (Wildman–Crippen MR) is 86.9 cm³/mol. The molecule has 0 atom stereocenters. The highest BCUT2D eigenvalue weighted by Gasteiger charge is 2.30. The van der Waals surface area contributed by atoms with Crippen molar-refractivity contribution < 1.29 is 27.9 Å². The molecule has 0 fully saturated rings. The number of benzene rings is 1. The zero-order valence-corrected chi connectivity index (χ0v) is 13.1. The molecule has 0 unspecified atom stereocenters. The van der Waals surface area contributed by atoms with Crippen molar-refractivity contribution in [3.8, 4) is 0 Å². The number of rotatable bonds is 5. The van der Waals surface area contributed by atoms with E-state index in [1.165, 1.54) is 30.4 Å². The number of ketones is 1. The Labute approximate surface area is 141 Å². The van der Waals surface area contributed by atoms with Gasteiger partial charge in [-0.2, -0.15) is 13.2 Å². The lowest BCUT2D eigenvalue weighted by atomic mass is 10.1. The van der Waals surface area contributed by atoms with Gasteiger partial charge in [0.1, 0.15) is 0 Å². The van der Waals surface area contributed by atoms with Crippen molar-refractivity contribution >= 4 is 23.9 Å².